The fraction of sp³-hybridized carbons (Fsp3) is 0.250. The lowest BCUT2D eigenvalue weighted by Gasteiger charge is -2.21. The molecule has 0 spiro atoms. The first-order valence-electron chi connectivity index (χ1n) is 4.95. The third-order valence-electron chi connectivity index (χ3n) is 2.12. The average molecular weight is 249 g/mol. The fourth-order valence-electron chi connectivity index (χ4n) is 1.19. The second-order valence-corrected chi connectivity index (χ2v) is 4.00. The Morgan fingerprint density at radius 3 is 2.61 bits per heavy atom. The van der Waals surface area contributed by atoms with Crippen LogP contribution >= 0.6 is 0 Å². The normalized spacial score (nSPS) is 10.5. The van der Waals surface area contributed by atoms with E-state index in [4.69, 9.17) is 16.3 Å². The first-order chi connectivity index (χ1) is 8.26. The molecule has 6 nitrogen and oxygen atoms in total. The number of nitro groups is 1. The van der Waals surface area contributed by atoms with Gasteiger partial charge in [-0.25, -0.2) is 4.79 Å². The van der Waals surface area contributed by atoms with Gasteiger partial charge in [0.05, 0.1) is 11.0 Å². The first kappa shape index (κ1) is 13.5. The molecule has 0 saturated carbocycles. The van der Waals surface area contributed by atoms with Crippen LogP contribution in [0.5, 0.6) is 5.75 Å². The fourth-order valence-corrected chi connectivity index (χ4v) is 1.19. The van der Waals surface area contributed by atoms with Crippen LogP contribution in [0.1, 0.15) is 24.2 Å². The van der Waals surface area contributed by atoms with Crippen molar-refractivity contribution < 1.29 is 19.6 Å². The van der Waals surface area contributed by atoms with E-state index in [9.17, 15) is 14.9 Å². The first-order valence-corrected chi connectivity index (χ1v) is 4.95. The number of carboxylic acids is 1. The van der Waals surface area contributed by atoms with Gasteiger partial charge in [0.2, 0.25) is 0 Å². The molecule has 0 unspecified atom stereocenters. The molecule has 1 rings (SSSR count). The number of aromatic carboxylic acids is 1. The molecule has 0 heterocycles. The van der Waals surface area contributed by atoms with E-state index in [0.29, 0.717) is 0 Å². The second kappa shape index (κ2) is 4.75. The number of rotatable bonds is 4. The predicted octanol–water partition coefficient (Wildman–Crippen LogP) is 2.08. The highest BCUT2D eigenvalue weighted by molar-refractivity contribution is 5.91. The number of non-ortho nitro benzene ring substituents is 1. The summed E-state index contributed by atoms with van der Waals surface area (Å²) in [6.07, 6.45) is 5.22. The van der Waals surface area contributed by atoms with Crippen molar-refractivity contribution in [1.82, 2.24) is 0 Å². The van der Waals surface area contributed by atoms with Crippen LogP contribution in [0.25, 0.3) is 0 Å². The Labute approximate surface area is 103 Å². The molecule has 0 amide bonds. The number of hydrogen-bond donors (Lipinski definition) is 1. The van der Waals surface area contributed by atoms with Gasteiger partial charge in [-0.2, -0.15) is 0 Å². The Morgan fingerprint density at radius 2 is 2.17 bits per heavy atom. The Bertz CT molecular complexity index is 542. The standard InChI is InChI=1S/C12H11NO5/c1-4-12(2,3)18-10-7-8(13(16)17)5-6-9(10)11(14)15/h1,5-7H,2-3H3,(H,14,15). The smallest absolute Gasteiger partial charge is 0.339 e. The number of nitrogens with zero attached hydrogens (tertiary/aromatic N) is 1. The molecule has 0 radical (unpaired) electrons. The Morgan fingerprint density at radius 1 is 1.56 bits per heavy atom. The molecule has 18 heavy (non-hydrogen) atoms. The van der Waals surface area contributed by atoms with E-state index in [1.54, 1.807) is 13.8 Å². The number of ether oxygens (including phenoxy) is 1. The highest BCUT2D eigenvalue weighted by Crippen LogP contribution is 2.28. The van der Waals surface area contributed by atoms with Crippen LogP contribution in [0.15, 0.2) is 18.2 Å². The van der Waals surface area contributed by atoms with E-state index < -0.39 is 16.5 Å². The SMILES string of the molecule is C#CC(C)(C)Oc1cc([N+](=O)[O-])ccc1C(=O)O. The quantitative estimate of drug-likeness (QED) is 0.501. The van der Waals surface area contributed by atoms with Crippen LogP contribution in [-0.4, -0.2) is 21.6 Å². The maximum absolute atomic E-state index is 11.0. The monoisotopic (exact) mass is 249 g/mol. The number of hydrogen-bond acceptors (Lipinski definition) is 4. The summed E-state index contributed by atoms with van der Waals surface area (Å²) >= 11 is 0. The minimum absolute atomic E-state index is 0.125. The largest absolute Gasteiger partial charge is 0.478 e. The maximum Gasteiger partial charge on any atom is 0.339 e. The molecule has 0 bridgehead atoms. The second-order valence-electron chi connectivity index (χ2n) is 4.00. The minimum Gasteiger partial charge on any atom is -0.478 e. The van der Waals surface area contributed by atoms with Crippen molar-refractivity contribution in [2.45, 2.75) is 19.4 Å². The van der Waals surface area contributed by atoms with Crippen molar-refractivity contribution in [3.05, 3.63) is 33.9 Å². The van der Waals surface area contributed by atoms with E-state index in [0.717, 1.165) is 18.2 Å². The molecule has 0 atom stereocenters. The lowest BCUT2D eigenvalue weighted by atomic mass is 10.1. The number of terminal acetylenes is 1. The molecule has 94 valence electrons. The zero-order valence-electron chi connectivity index (χ0n) is 9.84. The Kier molecular flexibility index (Phi) is 3.57. The highest BCUT2D eigenvalue weighted by atomic mass is 16.6. The summed E-state index contributed by atoms with van der Waals surface area (Å²) < 4.78 is 5.31. The van der Waals surface area contributed by atoms with Gasteiger partial charge in [0.15, 0.2) is 5.60 Å². The molecular formula is C12H11NO5. The summed E-state index contributed by atoms with van der Waals surface area (Å²) in [5.74, 6) is 0.951. The van der Waals surface area contributed by atoms with E-state index in [2.05, 4.69) is 5.92 Å². The summed E-state index contributed by atoms with van der Waals surface area (Å²) in [6.45, 7) is 3.11. The van der Waals surface area contributed by atoms with E-state index in [1.807, 2.05) is 0 Å². The van der Waals surface area contributed by atoms with Crippen LogP contribution in [0.2, 0.25) is 0 Å². The molecule has 1 aromatic rings. The highest BCUT2D eigenvalue weighted by Gasteiger charge is 2.22. The molecule has 0 aromatic heterocycles. The van der Waals surface area contributed by atoms with E-state index >= 15 is 0 Å². The minimum atomic E-state index is -1.24. The zero-order chi connectivity index (χ0) is 13.9. The Balaban J connectivity index is 3.29. The third kappa shape index (κ3) is 2.98. The molecule has 1 aromatic carbocycles. The van der Waals surface area contributed by atoms with Crippen molar-refractivity contribution in [3.63, 3.8) is 0 Å². The van der Waals surface area contributed by atoms with Crippen molar-refractivity contribution in [1.29, 1.82) is 0 Å². The van der Waals surface area contributed by atoms with Crippen LogP contribution in [0.3, 0.4) is 0 Å². The summed E-state index contributed by atoms with van der Waals surface area (Å²) in [5.41, 5.74) is -1.49. The molecule has 0 fully saturated rings. The predicted molar refractivity (Wildman–Crippen MR) is 63.6 cm³/mol. The van der Waals surface area contributed by atoms with Gasteiger partial charge in [-0.15, -0.1) is 6.42 Å². The van der Waals surface area contributed by atoms with Crippen LogP contribution in [-0.2, 0) is 0 Å². The third-order valence-corrected chi connectivity index (χ3v) is 2.12. The van der Waals surface area contributed by atoms with Crippen LogP contribution < -0.4 is 4.74 Å². The summed E-state index contributed by atoms with van der Waals surface area (Å²) in [7, 11) is 0. The molecule has 0 aliphatic rings. The summed E-state index contributed by atoms with van der Waals surface area (Å²) in [6, 6.07) is 3.25. The van der Waals surface area contributed by atoms with Crippen LogP contribution in [0.4, 0.5) is 5.69 Å². The summed E-state index contributed by atoms with van der Waals surface area (Å²) in [4.78, 5) is 21.0. The van der Waals surface area contributed by atoms with Crippen molar-refractivity contribution in [3.8, 4) is 18.1 Å². The lowest BCUT2D eigenvalue weighted by molar-refractivity contribution is -0.385. The molecule has 6 heteroatoms. The van der Waals surface area contributed by atoms with Gasteiger partial charge >= 0.3 is 5.97 Å². The molecule has 1 N–H and O–H groups in total. The number of nitro benzene ring substituents is 1. The lowest BCUT2D eigenvalue weighted by Crippen LogP contribution is -2.26. The number of benzene rings is 1. The zero-order valence-corrected chi connectivity index (χ0v) is 9.84. The van der Waals surface area contributed by atoms with Gasteiger partial charge in [-0.3, -0.25) is 10.1 Å². The van der Waals surface area contributed by atoms with Gasteiger partial charge in [-0.1, -0.05) is 5.92 Å². The van der Waals surface area contributed by atoms with Crippen molar-refractivity contribution in [2.75, 3.05) is 0 Å². The van der Waals surface area contributed by atoms with Gasteiger partial charge in [0.1, 0.15) is 11.3 Å². The van der Waals surface area contributed by atoms with Crippen molar-refractivity contribution in [2.24, 2.45) is 0 Å². The molecular weight excluding hydrogens is 238 g/mol. The number of carboxylic acid groups (broad SMARTS) is 1. The van der Waals surface area contributed by atoms with E-state index in [-0.39, 0.29) is 17.0 Å². The topological polar surface area (TPSA) is 89.7 Å². The average Bonchev–Trinajstić information content (AvgIpc) is 2.28. The molecule has 0 saturated heterocycles. The van der Waals surface area contributed by atoms with Gasteiger partial charge in [-0.05, 0) is 19.9 Å². The van der Waals surface area contributed by atoms with E-state index in [1.165, 1.54) is 0 Å². The molecule has 0 aliphatic carbocycles. The molecule has 0 aliphatic heterocycles. The number of carbonyl (C=O) groups is 1. The van der Waals surface area contributed by atoms with Crippen molar-refractivity contribution >= 4 is 11.7 Å². The van der Waals surface area contributed by atoms with Crippen LogP contribution in [0, 0.1) is 22.5 Å². The maximum atomic E-state index is 11.0. The van der Waals surface area contributed by atoms with Gasteiger partial charge < -0.3 is 9.84 Å². The van der Waals surface area contributed by atoms with Gasteiger partial charge in [0, 0.05) is 6.07 Å². The summed E-state index contributed by atoms with van der Waals surface area (Å²) in [5, 5.41) is 19.6. The Hall–Kier alpha value is -2.55. The van der Waals surface area contributed by atoms with Gasteiger partial charge in [0.25, 0.3) is 5.69 Å².